The molecule has 1 aliphatic heterocycles. The van der Waals surface area contributed by atoms with Gasteiger partial charge in [0.25, 0.3) is 0 Å². The van der Waals surface area contributed by atoms with Crippen LogP contribution in [0.3, 0.4) is 0 Å². The molecule has 2 heterocycles. The molecule has 0 aliphatic carbocycles. The molecule has 0 saturated carbocycles. The molecule has 0 amide bonds. The van der Waals surface area contributed by atoms with Crippen LogP contribution >= 0.6 is 11.6 Å². The van der Waals surface area contributed by atoms with Gasteiger partial charge in [0.2, 0.25) is 0 Å². The van der Waals surface area contributed by atoms with Crippen molar-refractivity contribution in [3.05, 3.63) is 94.8 Å². The van der Waals surface area contributed by atoms with E-state index in [9.17, 15) is 5.11 Å². The average Bonchev–Trinajstić information content (AvgIpc) is 3.23. The molecule has 3 aromatic rings. The molecule has 0 fully saturated rings. The summed E-state index contributed by atoms with van der Waals surface area (Å²) >= 11 is 6.05. The molecule has 5 nitrogen and oxygen atoms in total. The van der Waals surface area contributed by atoms with Crippen LogP contribution in [0, 0.1) is 0 Å². The van der Waals surface area contributed by atoms with Crippen molar-refractivity contribution in [1.82, 2.24) is 9.88 Å². The zero-order valence-corrected chi connectivity index (χ0v) is 18.3. The molecular weight excluding hydrogens is 412 g/mol. The fraction of sp³-hybridized carbons (Fsp3) is 0.240. The van der Waals surface area contributed by atoms with Crippen molar-refractivity contribution < 1.29 is 14.6 Å². The first-order valence-corrected chi connectivity index (χ1v) is 10.5. The fourth-order valence-electron chi connectivity index (χ4n) is 3.67. The summed E-state index contributed by atoms with van der Waals surface area (Å²) in [6.07, 6.45) is 5.63. The lowest BCUT2D eigenvalue weighted by Gasteiger charge is -2.27. The molecule has 31 heavy (non-hydrogen) atoms. The van der Waals surface area contributed by atoms with Gasteiger partial charge in [-0.15, -0.1) is 0 Å². The lowest BCUT2D eigenvalue weighted by molar-refractivity contribution is 0.261. The number of likely N-dealkylation sites (N-methyl/N-ethyl adjacent to an activating group) is 1. The SMILES string of the molecule is CN(C)CCOc1ccc(C2=CC(c3ccncc3)(c3ccc(Cl)c(O)c3)CO2)cc1. The Kier molecular flexibility index (Phi) is 6.16. The Morgan fingerprint density at radius 2 is 1.81 bits per heavy atom. The number of hydrogen-bond donors (Lipinski definition) is 1. The number of aromatic nitrogens is 1. The van der Waals surface area contributed by atoms with E-state index < -0.39 is 5.41 Å². The van der Waals surface area contributed by atoms with E-state index in [1.807, 2.05) is 56.6 Å². The first kappa shape index (κ1) is 21.2. The van der Waals surface area contributed by atoms with Gasteiger partial charge in [0.1, 0.15) is 30.5 Å². The minimum atomic E-state index is -0.554. The lowest BCUT2D eigenvalue weighted by atomic mass is 9.75. The Hall–Kier alpha value is -3.02. The Balaban J connectivity index is 1.66. The van der Waals surface area contributed by atoms with Crippen LogP contribution < -0.4 is 4.74 Å². The van der Waals surface area contributed by atoms with E-state index in [2.05, 4.69) is 16.0 Å². The molecule has 2 aromatic carbocycles. The van der Waals surface area contributed by atoms with Gasteiger partial charge >= 0.3 is 0 Å². The Bertz CT molecular complexity index is 1070. The topological polar surface area (TPSA) is 54.8 Å². The van der Waals surface area contributed by atoms with E-state index in [0.29, 0.717) is 18.2 Å². The van der Waals surface area contributed by atoms with Crippen LogP contribution in [0.2, 0.25) is 5.02 Å². The van der Waals surface area contributed by atoms with Gasteiger partial charge in [-0.05, 0) is 79.8 Å². The molecule has 0 saturated heterocycles. The number of ether oxygens (including phenoxy) is 2. The van der Waals surface area contributed by atoms with Crippen LogP contribution in [0.25, 0.3) is 5.76 Å². The van der Waals surface area contributed by atoms with E-state index in [4.69, 9.17) is 21.1 Å². The number of hydrogen-bond acceptors (Lipinski definition) is 5. The molecule has 1 atom stereocenters. The van der Waals surface area contributed by atoms with Crippen molar-refractivity contribution in [2.75, 3.05) is 33.9 Å². The third-order valence-electron chi connectivity index (χ3n) is 5.44. The van der Waals surface area contributed by atoms with E-state index >= 15 is 0 Å². The predicted octanol–water partition coefficient (Wildman–Crippen LogP) is 4.74. The van der Waals surface area contributed by atoms with Gasteiger partial charge in [0.05, 0.1) is 10.4 Å². The van der Waals surface area contributed by atoms with Crippen LogP contribution in [0.15, 0.2) is 73.1 Å². The minimum Gasteiger partial charge on any atom is -0.506 e. The molecule has 0 bridgehead atoms. The van der Waals surface area contributed by atoms with Gasteiger partial charge < -0.3 is 19.5 Å². The van der Waals surface area contributed by atoms with E-state index in [-0.39, 0.29) is 5.75 Å². The third-order valence-corrected chi connectivity index (χ3v) is 5.76. The van der Waals surface area contributed by atoms with E-state index in [1.54, 1.807) is 24.5 Å². The Morgan fingerprint density at radius 3 is 2.48 bits per heavy atom. The molecule has 4 rings (SSSR count). The number of benzene rings is 2. The van der Waals surface area contributed by atoms with Crippen molar-refractivity contribution in [3.8, 4) is 11.5 Å². The molecule has 0 radical (unpaired) electrons. The molecule has 1 N–H and O–H groups in total. The molecule has 1 aromatic heterocycles. The first-order valence-electron chi connectivity index (χ1n) is 10.1. The molecule has 6 heteroatoms. The Labute approximate surface area is 187 Å². The summed E-state index contributed by atoms with van der Waals surface area (Å²) in [5.74, 6) is 1.66. The highest BCUT2D eigenvalue weighted by molar-refractivity contribution is 6.32. The molecule has 1 unspecified atom stereocenters. The van der Waals surface area contributed by atoms with E-state index in [1.165, 1.54) is 0 Å². The van der Waals surface area contributed by atoms with E-state index in [0.717, 1.165) is 34.7 Å². The summed E-state index contributed by atoms with van der Waals surface area (Å²) in [7, 11) is 4.04. The highest BCUT2D eigenvalue weighted by atomic mass is 35.5. The smallest absolute Gasteiger partial charge is 0.134 e. The van der Waals surface area contributed by atoms with Gasteiger partial charge in [-0.1, -0.05) is 17.7 Å². The summed E-state index contributed by atoms with van der Waals surface area (Å²) in [5, 5.41) is 10.5. The monoisotopic (exact) mass is 436 g/mol. The number of aromatic hydroxyl groups is 1. The van der Waals surface area contributed by atoms with Crippen LogP contribution in [0.1, 0.15) is 16.7 Å². The molecule has 160 valence electrons. The maximum Gasteiger partial charge on any atom is 0.134 e. The van der Waals surface area contributed by atoms with Crippen LogP contribution in [-0.2, 0) is 10.2 Å². The van der Waals surface area contributed by atoms with Gasteiger partial charge in [-0.2, -0.15) is 0 Å². The highest BCUT2D eigenvalue weighted by Crippen LogP contribution is 2.44. The summed E-state index contributed by atoms with van der Waals surface area (Å²) in [6.45, 7) is 1.91. The van der Waals surface area contributed by atoms with Crippen LogP contribution in [-0.4, -0.2) is 48.8 Å². The van der Waals surface area contributed by atoms with Gasteiger partial charge in [0, 0.05) is 24.5 Å². The van der Waals surface area contributed by atoms with Gasteiger partial charge in [-0.25, -0.2) is 0 Å². The largest absolute Gasteiger partial charge is 0.506 e. The van der Waals surface area contributed by atoms with Crippen molar-refractivity contribution in [1.29, 1.82) is 0 Å². The zero-order valence-electron chi connectivity index (χ0n) is 17.6. The van der Waals surface area contributed by atoms with Crippen LogP contribution in [0.4, 0.5) is 0 Å². The number of phenols is 1. The predicted molar refractivity (Wildman–Crippen MR) is 123 cm³/mol. The minimum absolute atomic E-state index is 0.0497. The number of pyridine rings is 1. The summed E-state index contributed by atoms with van der Waals surface area (Å²) in [5.41, 5.74) is 2.34. The van der Waals surface area contributed by atoms with Gasteiger partial charge in [-0.3, -0.25) is 4.98 Å². The fourth-order valence-corrected chi connectivity index (χ4v) is 3.78. The maximum absolute atomic E-state index is 10.2. The second kappa shape index (κ2) is 9.00. The normalized spacial score (nSPS) is 18.0. The summed E-state index contributed by atoms with van der Waals surface area (Å²) in [6, 6.07) is 17.2. The van der Waals surface area contributed by atoms with Gasteiger partial charge in [0.15, 0.2) is 0 Å². The molecular formula is C25H25ClN2O3. The highest BCUT2D eigenvalue weighted by Gasteiger charge is 2.39. The van der Waals surface area contributed by atoms with Crippen molar-refractivity contribution in [3.63, 3.8) is 0 Å². The van der Waals surface area contributed by atoms with Crippen molar-refractivity contribution in [2.24, 2.45) is 0 Å². The lowest BCUT2D eigenvalue weighted by Crippen LogP contribution is -2.27. The average molecular weight is 437 g/mol. The summed E-state index contributed by atoms with van der Waals surface area (Å²) < 4.78 is 12.0. The van der Waals surface area contributed by atoms with Crippen LogP contribution in [0.5, 0.6) is 11.5 Å². The van der Waals surface area contributed by atoms with Crippen molar-refractivity contribution in [2.45, 2.75) is 5.41 Å². The van der Waals surface area contributed by atoms with Crippen molar-refractivity contribution >= 4 is 17.4 Å². The maximum atomic E-state index is 10.2. The molecule has 1 aliphatic rings. The first-order chi connectivity index (χ1) is 15.0. The molecule has 0 spiro atoms. The Morgan fingerprint density at radius 1 is 1.06 bits per heavy atom. The second-order valence-corrected chi connectivity index (χ2v) is 8.25. The zero-order chi connectivity index (χ0) is 21.8. The number of rotatable bonds is 7. The number of nitrogens with zero attached hydrogens (tertiary/aromatic N) is 2. The second-order valence-electron chi connectivity index (χ2n) is 7.85. The quantitative estimate of drug-likeness (QED) is 0.579. The standard InChI is InChI=1S/C25H25ClN2O3/c1-28(2)13-14-30-21-6-3-18(4-7-21)24-16-25(17-31-24,19-9-11-27-12-10-19)20-5-8-22(26)23(29)15-20/h3-12,15-16,29H,13-14,17H2,1-2H3. The number of phenolic OH excluding ortho intramolecular Hbond substituents is 1. The third kappa shape index (κ3) is 4.53. The number of halogens is 1. The summed E-state index contributed by atoms with van der Waals surface area (Å²) in [4.78, 5) is 6.23.